The Hall–Kier alpha value is -7.94. The topological polar surface area (TPSA) is 8.17 Å². The van der Waals surface area contributed by atoms with Crippen molar-refractivity contribution in [2.24, 2.45) is 0 Å². The summed E-state index contributed by atoms with van der Waals surface area (Å²) in [5.74, 6) is 0. The highest BCUT2D eigenvalue weighted by Gasteiger charge is 2.27. The number of rotatable bonds is 7. The summed E-state index contributed by atoms with van der Waals surface area (Å²) >= 11 is 0. The fourth-order valence-corrected chi connectivity index (χ4v) is 12.3. The van der Waals surface area contributed by atoms with Gasteiger partial charge in [0, 0.05) is 32.8 Å². The standard InChI is InChI=1S/C78H78N2/c1-74(2,3)54-30-20-49(21-31-54)60-18-16-17-19-61(60)50-24-37-59(38-25-50)79(69-43-34-56(76(7,8)9)46-64(69)51-22-32-55(33-23-51)75(4,5)6)67-41-28-52-27-40-63-68(42-29-53-26-39-62(67)72(52)73(53)63)80-70-44-35-57(77(10,11)12)47-65(70)66-48-58(78(13,14)15)36-45-71(66)80/h16-48H,1-15H3. The van der Waals surface area contributed by atoms with E-state index >= 15 is 0 Å². The lowest BCUT2D eigenvalue weighted by Crippen LogP contribution is -2.15. The predicted molar refractivity (Wildman–Crippen MR) is 349 cm³/mol. The van der Waals surface area contributed by atoms with Crippen LogP contribution in [0.5, 0.6) is 0 Å². The van der Waals surface area contributed by atoms with Crippen LogP contribution in [0, 0.1) is 0 Å². The second kappa shape index (κ2) is 18.8. The van der Waals surface area contributed by atoms with E-state index in [-0.39, 0.29) is 27.1 Å². The Bertz CT molecular complexity index is 4250. The zero-order valence-corrected chi connectivity index (χ0v) is 49.9. The lowest BCUT2D eigenvalue weighted by molar-refractivity contribution is 0.590. The maximum atomic E-state index is 2.54. The Labute approximate surface area is 476 Å². The predicted octanol–water partition coefficient (Wildman–Crippen LogP) is 22.6. The van der Waals surface area contributed by atoms with Crippen molar-refractivity contribution in [1.29, 1.82) is 0 Å². The molecule has 0 aliphatic carbocycles. The minimum atomic E-state index is -0.0591. The Morgan fingerprint density at radius 3 is 1.15 bits per heavy atom. The third-order valence-electron chi connectivity index (χ3n) is 17.2. The van der Waals surface area contributed by atoms with Gasteiger partial charge in [-0.25, -0.2) is 0 Å². The van der Waals surface area contributed by atoms with Gasteiger partial charge in [-0.15, -0.1) is 0 Å². The molecule has 0 N–H and O–H groups in total. The largest absolute Gasteiger partial charge is 0.309 e. The summed E-state index contributed by atoms with van der Waals surface area (Å²) in [6.07, 6.45) is 0. The highest BCUT2D eigenvalue weighted by molar-refractivity contribution is 6.27. The summed E-state index contributed by atoms with van der Waals surface area (Å²) in [7, 11) is 0. The number of hydrogen-bond donors (Lipinski definition) is 0. The minimum Gasteiger partial charge on any atom is -0.309 e. The molecule has 0 unspecified atom stereocenters. The van der Waals surface area contributed by atoms with E-state index in [0.29, 0.717) is 0 Å². The van der Waals surface area contributed by atoms with Crippen molar-refractivity contribution in [2.75, 3.05) is 4.90 Å². The van der Waals surface area contributed by atoms with Crippen molar-refractivity contribution < 1.29 is 0 Å². The van der Waals surface area contributed by atoms with Crippen LogP contribution in [-0.4, -0.2) is 4.57 Å². The molecule has 0 atom stereocenters. The molecule has 0 fully saturated rings. The Kier molecular flexibility index (Phi) is 12.4. The number of hydrogen-bond acceptors (Lipinski definition) is 1. The van der Waals surface area contributed by atoms with Gasteiger partial charge >= 0.3 is 0 Å². The average molecular weight is 1040 g/mol. The first-order valence-corrected chi connectivity index (χ1v) is 29.0. The zero-order valence-electron chi connectivity index (χ0n) is 49.9. The highest BCUT2D eigenvalue weighted by Crippen LogP contribution is 2.50. The molecule has 12 aromatic rings. The van der Waals surface area contributed by atoms with E-state index in [1.54, 1.807) is 0 Å². The molecule has 2 nitrogen and oxygen atoms in total. The summed E-state index contributed by atoms with van der Waals surface area (Å²) in [6, 6.07) is 77.1. The lowest BCUT2D eigenvalue weighted by Gasteiger charge is -2.31. The monoisotopic (exact) mass is 1040 g/mol. The summed E-state index contributed by atoms with van der Waals surface area (Å²) in [6.45, 7) is 34.6. The first kappa shape index (κ1) is 52.7. The van der Waals surface area contributed by atoms with Crippen molar-refractivity contribution >= 4 is 71.2 Å². The summed E-state index contributed by atoms with van der Waals surface area (Å²) in [5, 5.41) is 10.1. The van der Waals surface area contributed by atoms with Gasteiger partial charge in [0.2, 0.25) is 0 Å². The quantitative estimate of drug-likeness (QED) is 0.144. The van der Waals surface area contributed by atoms with E-state index in [4.69, 9.17) is 0 Å². The van der Waals surface area contributed by atoms with Gasteiger partial charge in [0.05, 0.1) is 28.1 Å². The molecule has 0 spiro atoms. The molecule has 2 heteroatoms. The summed E-state index contributed by atoms with van der Waals surface area (Å²) < 4.78 is 2.54. The summed E-state index contributed by atoms with van der Waals surface area (Å²) in [5.41, 5.74) is 21.0. The van der Waals surface area contributed by atoms with Crippen LogP contribution >= 0.6 is 0 Å². The fraction of sp³-hybridized carbons (Fsp3) is 0.256. The molecular weight excluding hydrogens is 965 g/mol. The second-order valence-electron chi connectivity index (χ2n) is 28.0. The molecule has 1 heterocycles. The van der Waals surface area contributed by atoms with E-state index in [9.17, 15) is 0 Å². The molecule has 0 saturated heterocycles. The van der Waals surface area contributed by atoms with E-state index in [1.165, 1.54) is 121 Å². The highest BCUT2D eigenvalue weighted by atomic mass is 15.1. The van der Waals surface area contributed by atoms with Gasteiger partial charge in [-0.05, 0) is 165 Å². The second-order valence-corrected chi connectivity index (χ2v) is 28.0. The van der Waals surface area contributed by atoms with Gasteiger partial charge in [-0.1, -0.05) is 243 Å². The zero-order chi connectivity index (χ0) is 56.4. The van der Waals surface area contributed by atoms with E-state index in [0.717, 1.165) is 17.1 Å². The third-order valence-corrected chi connectivity index (χ3v) is 17.2. The van der Waals surface area contributed by atoms with Gasteiger partial charge in [-0.2, -0.15) is 0 Å². The van der Waals surface area contributed by atoms with Crippen LogP contribution in [0.25, 0.3) is 93.2 Å². The molecule has 400 valence electrons. The van der Waals surface area contributed by atoms with Crippen LogP contribution in [0.2, 0.25) is 0 Å². The van der Waals surface area contributed by atoms with Crippen LogP contribution in [0.1, 0.15) is 132 Å². The van der Waals surface area contributed by atoms with Crippen molar-refractivity contribution in [2.45, 2.75) is 131 Å². The Morgan fingerprint density at radius 1 is 0.287 bits per heavy atom. The van der Waals surface area contributed by atoms with Crippen LogP contribution in [0.4, 0.5) is 17.1 Å². The number of benzene rings is 11. The fourth-order valence-electron chi connectivity index (χ4n) is 12.3. The van der Waals surface area contributed by atoms with Gasteiger partial charge < -0.3 is 9.47 Å². The number of nitrogens with zero attached hydrogens (tertiary/aromatic N) is 2. The average Bonchev–Trinajstić information content (AvgIpc) is 3.97. The van der Waals surface area contributed by atoms with Crippen LogP contribution in [0.15, 0.2) is 200 Å². The molecule has 11 aromatic carbocycles. The van der Waals surface area contributed by atoms with E-state index in [2.05, 4.69) is 314 Å². The minimum absolute atomic E-state index is 0.0158. The third kappa shape index (κ3) is 9.25. The number of fused-ring (bicyclic) bond motifs is 3. The van der Waals surface area contributed by atoms with Crippen LogP contribution in [-0.2, 0) is 27.1 Å². The van der Waals surface area contributed by atoms with E-state index < -0.39 is 0 Å². The molecule has 0 radical (unpaired) electrons. The number of aromatic nitrogens is 1. The molecule has 0 bridgehead atoms. The Morgan fingerprint density at radius 2 is 0.662 bits per heavy atom. The molecule has 0 amide bonds. The smallest absolute Gasteiger partial charge is 0.0541 e. The lowest BCUT2D eigenvalue weighted by atomic mass is 9.83. The molecular formula is C78H78N2. The first-order chi connectivity index (χ1) is 37.8. The molecule has 1 aromatic heterocycles. The molecule has 0 saturated carbocycles. The molecule has 12 rings (SSSR count). The SMILES string of the molecule is CC(C)(C)c1ccc(-c2ccccc2-c2ccc(N(c3ccc(C(C)(C)C)cc3-c3ccc(C(C)(C)C)cc3)c3ccc4ccc5c(-n6c7ccc(C(C)(C)C)cc7c7cc(C(C)(C)C)ccc76)ccc6ccc3c4c65)cc2)cc1. The Balaban J connectivity index is 1.09. The first-order valence-electron chi connectivity index (χ1n) is 29.0. The van der Waals surface area contributed by atoms with Gasteiger partial charge in [0.25, 0.3) is 0 Å². The van der Waals surface area contributed by atoms with E-state index in [1.807, 2.05) is 0 Å². The van der Waals surface area contributed by atoms with Crippen LogP contribution < -0.4 is 4.90 Å². The molecule has 0 aliphatic heterocycles. The molecule has 0 aliphatic rings. The van der Waals surface area contributed by atoms with Crippen molar-refractivity contribution in [1.82, 2.24) is 4.57 Å². The van der Waals surface area contributed by atoms with Gasteiger partial charge in [0.15, 0.2) is 0 Å². The number of anilines is 3. The van der Waals surface area contributed by atoms with Crippen molar-refractivity contribution in [3.63, 3.8) is 0 Å². The normalized spacial score (nSPS) is 12.9. The van der Waals surface area contributed by atoms with Gasteiger partial charge in [0.1, 0.15) is 0 Å². The maximum absolute atomic E-state index is 2.54. The molecule has 80 heavy (non-hydrogen) atoms. The van der Waals surface area contributed by atoms with Crippen molar-refractivity contribution in [3.8, 4) is 39.1 Å². The summed E-state index contributed by atoms with van der Waals surface area (Å²) in [4.78, 5) is 2.54. The van der Waals surface area contributed by atoms with Crippen molar-refractivity contribution in [3.05, 3.63) is 228 Å². The van der Waals surface area contributed by atoms with Gasteiger partial charge in [-0.3, -0.25) is 0 Å². The maximum Gasteiger partial charge on any atom is 0.0541 e. The van der Waals surface area contributed by atoms with Crippen LogP contribution in [0.3, 0.4) is 0 Å².